The lowest BCUT2D eigenvalue weighted by molar-refractivity contribution is -0.128. The molecule has 1 amide bonds. The van der Waals surface area contributed by atoms with Crippen molar-refractivity contribution in [2.45, 2.75) is 37.6 Å². The van der Waals surface area contributed by atoms with Gasteiger partial charge in [0.1, 0.15) is 5.75 Å². The van der Waals surface area contributed by atoms with Crippen molar-refractivity contribution in [2.75, 3.05) is 18.0 Å². The Bertz CT molecular complexity index is 512. The topological polar surface area (TPSA) is 63.4 Å². The van der Waals surface area contributed by atoms with Gasteiger partial charge in [0.25, 0.3) is 0 Å². The van der Waals surface area contributed by atoms with E-state index in [1.807, 2.05) is 18.7 Å². The second-order valence-electron chi connectivity index (χ2n) is 4.87. The Balaban J connectivity index is 2.08. The number of nitrogen functional groups attached to an aromatic ring is 1. The summed E-state index contributed by atoms with van der Waals surface area (Å²) in [7, 11) is -1.32. The molecule has 1 atom stereocenters. The normalized spacial score (nSPS) is 16.1. The predicted molar refractivity (Wildman–Crippen MR) is 77.3 cm³/mol. The molecular weight excluding hydrogens is 260 g/mol. The monoisotopic (exact) mass is 280 g/mol. The highest BCUT2D eigenvalue weighted by molar-refractivity contribution is 7.85. The molecule has 1 aliphatic rings. The second kappa shape index (κ2) is 5.74. The first-order chi connectivity index (χ1) is 9.04. The van der Waals surface area contributed by atoms with Gasteiger partial charge < -0.3 is 10.6 Å². The molecule has 0 radical (unpaired) electrons. The summed E-state index contributed by atoms with van der Waals surface area (Å²) in [6.07, 6.45) is 2.15. The van der Waals surface area contributed by atoms with E-state index < -0.39 is 10.8 Å². The lowest BCUT2D eigenvalue weighted by atomic mass is 10.2. The maximum atomic E-state index is 12.3. The number of anilines is 1. The van der Waals surface area contributed by atoms with Crippen LogP contribution in [0.1, 0.15) is 25.3 Å². The molecule has 0 spiro atoms. The first-order valence-electron chi connectivity index (χ1n) is 6.57. The van der Waals surface area contributed by atoms with Crippen LogP contribution in [-0.4, -0.2) is 33.4 Å². The molecule has 104 valence electrons. The SMILES string of the molecule is CCN(C(=O)CS(=O)c1cccc(N)c1C)C1CC1. The summed E-state index contributed by atoms with van der Waals surface area (Å²) in [4.78, 5) is 14.6. The lowest BCUT2D eigenvalue weighted by Crippen LogP contribution is -2.36. The summed E-state index contributed by atoms with van der Waals surface area (Å²) < 4.78 is 12.3. The smallest absolute Gasteiger partial charge is 0.235 e. The van der Waals surface area contributed by atoms with Crippen molar-refractivity contribution in [3.8, 4) is 0 Å². The number of hydrogen-bond acceptors (Lipinski definition) is 3. The molecule has 1 unspecified atom stereocenters. The minimum atomic E-state index is -1.32. The molecule has 1 aromatic rings. The fraction of sp³-hybridized carbons (Fsp3) is 0.500. The van der Waals surface area contributed by atoms with Crippen molar-refractivity contribution in [3.63, 3.8) is 0 Å². The Kier molecular flexibility index (Phi) is 4.24. The van der Waals surface area contributed by atoms with Crippen LogP contribution in [0.5, 0.6) is 0 Å². The van der Waals surface area contributed by atoms with Crippen LogP contribution in [0.4, 0.5) is 5.69 Å². The molecule has 2 N–H and O–H groups in total. The Morgan fingerprint density at radius 3 is 2.74 bits per heavy atom. The molecule has 1 saturated carbocycles. The van der Waals surface area contributed by atoms with Crippen molar-refractivity contribution in [1.82, 2.24) is 4.90 Å². The second-order valence-corrected chi connectivity index (χ2v) is 6.29. The number of nitrogens with zero attached hydrogens (tertiary/aromatic N) is 1. The number of carbonyl (C=O) groups excluding carboxylic acids is 1. The van der Waals surface area contributed by atoms with Crippen LogP contribution < -0.4 is 5.73 Å². The predicted octanol–water partition coefficient (Wildman–Crippen LogP) is 1.70. The van der Waals surface area contributed by atoms with Crippen molar-refractivity contribution in [1.29, 1.82) is 0 Å². The molecule has 0 aliphatic heterocycles. The van der Waals surface area contributed by atoms with Crippen LogP contribution in [-0.2, 0) is 15.6 Å². The van der Waals surface area contributed by atoms with Gasteiger partial charge in [0.2, 0.25) is 5.91 Å². The van der Waals surface area contributed by atoms with Crippen LogP contribution in [0, 0.1) is 6.92 Å². The lowest BCUT2D eigenvalue weighted by Gasteiger charge is -2.20. The van der Waals surface area contributed by atoms with Gasteiger partial charge in [-0.05, 0) is 44.4 Å². The molecule has 0 saturated heterocycles. The summed E-state index contributed by atoms with van der Waals surface area (Å²) in [6, 6.07) is 5.71. The fourth-order valence-electron chi connectivity index (χ4n) is 2.18. The van der Waals surface area contributed by atoms with E-state index in [-0.39, 0.29) is 11.7 Å². The van der Waals surface area contributed by atoms with Crippen molar-refractivity contribution in [3.05, 3.63) is 23.8 Å². The molecule has 1 fully saturated rings. The number of hydrogen-bond donors (Lipinski definition) is 1. The van der Waals surface area contributed by atoms with Crippen LogP contribution in [0.2, 0.25) is 0 Å². The van der Waals surface area contributed by atoms with E-state index >= 15 is 0 Å². The standard InChI is InChI=1S/C14H20N2O2S/c1-3-16(11-7-8-11)14(17)9-19(18)13-6-4-5-12(15)10(13)2/h4-6,11H,3,7-9,15H2,1-2H3. The van der Waals surface area contributed by atoms with E-state index in [4.69, 9.17) is 5.73 Å². The molecule has 1 aromatic carbocycles. The largest absolute Gasteiger partial charge is 0.398 e. The van der Waals surface area contributed by atoms with E-state index in [0.29, 0.717) is 23.2 Å². The summed E-state index contributed by atoms with van der Waals surface area (Å²) in [5, 5.41) is 0. The third kappa shape index (κ3) is 3.15. The van der Waals surface area contributed by atoms with Gasteiger partial charge in [0.05, 0.1) is 10.8 Å². The third-order valence-corrected chi connectivity index (χ3v) is 4.92. The zero-order valence-electron chi connectivity index (χ0n) is 11.4. The maximum Gasteiger partial charge on any atom is 0.235 e. The van der Waals surface area contributed by atoms with Gasteiger partial charge in [-0.3, -0.25) is 9.00 Å². The van der Waals surface area contributed by atoms with E-state index in [1.54, 1.807) is 18.2 Å². The van der Waals surface area contributed by atoms with Gasteiger partial charge >= 0.3 is 0 Å². The molecule has 0 bridgehead atoms. The molecule has 19 heavy (non-hydrogen) atoms. The minimum absolute atomic E-state index is 0.0230. The molecule has 0 aromatic heterocycles. The van der Waals surface area contributed by atoms with Crippen LogP contribution in [0.3, 0.4) is 0 Å². The van der Waals surface area contributed by atoms with Gasteiger partial charge in [-0.2, -0.15) is 0 Å². The Morgan fingerprint density at radius 2 is 2.16 bits per heavy atom. The highest BCUT2D eigenvalue weighted by Crippen LogP contribution is 2.27. The molecule has 4 nitrogen and oxygen atoms in total. The van der Waals surface area contributed by atoms with Gasteiger partial charge in [-0.25, -0.2) is 0 Å². The molecule has 2 rings (SSSR count). The van der Waals surface area contributed by atoms with E-state index in [2.05, 4.69) is 0 Å². The summed E-state index contributed by atoms with van der Waals surface area (Å²) >= 11 is 0. The molecule has 1 aliphatic carbocycles. The van der Waals surface area contributed by atoms with Gasteiger partial charge in [0.15, 0.2) is 0 Å². The van der Waals surface area contributed by atoms with Crippen molar-refractivity contribution >= 4 is 22.4 Å². The number of benzene rings is 1. The highest BCUT2D eigenvalue weighted by atomic mass is 32.2. The first kappa shape index (κ1) is 14.1. The van der Waals surface area contributed by atoms with E-state index in [0.717, 1.165) is 18.4 Å². The summed E-state index contributed by atoms with van der Waals surface area (Å²) in [6.45, 7) is 4.49. The summed E-state index contributed by atoms with van der Waals surface area (Å²) in [5.41, 5.74) is 7.23. The Hall–Kier alpha value is -1.36. The number of nitrogens with two attached hydrogens (primary N) is 1. The average Bonchev–Trinajstić information content (AvgIpc) is 3.18. The van der Waals surface area contributed by atoms with Gasteiger partial charge in [-0.1, -0.05) is 6.07 Å². The molecular formula is C14H20N2O2S. The fourth-order valence-corrected chi connectivity index (χ4v) is 3.41. The van der Waals surface area contributed by atoms with Gasteiger partial charge in [-0.15, -0.1) is 0 Å². The van der Waals surface area contributed by atoms with Gasteiger partial charge in [0, 0.05) is 23.2 Å². The van der Waals surface area contributed by atoms with Crippen LogP contribution in [0.25, 0.3) is 0 Å². The number of carbonyl (C=O) groups is 1. The average molecular weight is 280 g/mol. The summed E-state index contributed by atoms with van der Waals surface area (Å²) in [5.74, 6) is 0.0272. The first-order valence-corrected chi connectivity index (χ1v) is 7.89. The Labute approximate surface area is 116 Å². The zero-order chi connectivity index (χ0) is 14.0. The van der Waals surface area contributed by atoms with Crippen LogP contribution >= 0.6 is 0 Å². The van der Waals surface area contributed by atoms with Crippen molar-refractivity contribution < 1.29 is 9.00 Å². The van der Waals surface area contributed by atoms with Crippen LogP contribution in [0.15, 0.2) is 23.1 Å². The number of amides is 1. The zero-order valence-corrected chi connectivity index (χ0v) is 12.2. The highest BCUT2D eigenvalue weighted by Gasteiger charge is 2.32. The third-order valence-electron chi connectivity index (χ3n) is 3.47. The molecule has 0 heterocycles. The quantitative estimate of drug-likeness (QED) is 0.835. The molecule has 5 heteroatoms. The van der Waals surface area contributed by atoms with E-state index in [1.165, 1.54) is 0 Å². The number of rotatable bonds is 5. The minimum Gasteiger partial charge on any atom is -0.398 e. The Morgan fingerprint density at radius 1 is 1.47 bits per heavy atom. The van der Waals surface area contributed by atoms with Crippen molar-refractivity contribution in [2.24, 2.45) is 0 Å². The maximum absolute atomic E-state index is 12.3. The van der Waals surface area contributed by atoms with E-state index in [9.17, 15) is 9.00 Å².